The van der Waals surface area contributed by atoms with Gasteiger partial charge in [0.15, 0.2) is 0 Å². The molecule has 0 bridgehead atoms. The molecule has 1 aromatic rings. The van der Waals surface area contributed by atoms with Crippen molar-refractivity contribution in [2.75, 3.05) is 13.7 Å². The van der Waals surface area contributed by atoms with Crippen LogP contribution < -0.4 is 5.73 Å². The van der Waals surface area contributed by atoms with Crippen LogP contribution in [0.4, 0.5) is 0 Å². The van der Waals surface area contributed by atoms with Gasteiger partial charge in [0.2, 0.25) is 0 Å². The maximum Gasteiger partial charge on any atom is 0.305 e. The van der Waals surface area contributed by atoms with Crippen molar-refractivity contribution in [2.45, 2.75) is 25.7 Å². The summed E-state index contributed by atoms with van der Waals surface area (Å²) in [6, 6.07) is 10.3. The van der Waals surface area contributed by atoms with Crippen molar-refractivity contribution in [2.24, 2.45) is 11.7 Å². The first-order valence-corrected chi connectivity index (χ1v) is 6.07. The number of esters is 1. The monoisotopic (exact) mass is 235 g/mol. The zero-order valence-electron chi connectivity index (χ0n) is 10.4. The highest BCUT2D eigenvalue weighted by molar-refractivity contribution is 5.68. The van der Waals surface area contributed by atoms with E-state index >= 15 is 0 Å². The normalized spacial score (nSPS) is 12.1. The molecule has 1 rings (SSSR count). The zero-order chi connectivity index (χ0) is 12.5. The van der Waals surface area contributed by atoms with Crippen LogP contribution >= 0.6 is 0 Å². The lowest BCUT2D eigenvalue weighted by Crippen LogP contribution is -2.17. The van der Waals surface area contributed by atoms with Gasteiger partial charge in [-0.05, 0) is 37.3 Å². The van der Waals surface area contributed by atoms with Gasteiger partial charge in [0, 0.05) is 6.42 Å². The summed E-state index contributed by atoms with van der Waals surface area (Å²) < 4.78 is 4.61. The number of hydrogen-bond donors (Lipinski definition) is 1. The molecule has 0 amide bonds. The summed E-state index contributed by atoms with van der Waals surface area (Å²) in [5, 5.41) is 0. The molecule has 0 aromatic heterocycles. The van der Waals surface area contributed by atoms with Gasteiger partial charge in [0.1, 0.15) is 0 Å². The van der Waals surface area contributed by atoms with E-state index in [0.717, 1.165) is 19.3 Å². The van der Waals surface area contributed by atoms with Crippen molar-refractivity contribution >= 4 is 5.97 Å². The third kappa shape index (κ3) is 5.50. The van der Waals surface area contributed by atoms with Gasteiger partial charge in [-0.1, -0.05) is 30.3 Å². The van der Waals surface area contributed by atoms with Crippen LogP contribution in [-0.4, -0.2) is 19.6 Å². The van der Waals surface area contributed by atoms with E-state index in [1.165, 1.54) is 12.7 Å². The van der Waals surface area contributed by atoms with E-state index < -0.39 is 0 Å². The number of rotatable bonds is 7. The Labute approximate surface area is 103 Å². The molecule has 0 radical (unpaired) electrons. The molecule has 0 unspecified atom stereocenters. The van der Waals surface area contributed by atoms with Crippen molar-refractivity contribution in [3.8, 4) is 0 Å². The Morgan fingerprint density at radius 1 is 1.35 bits per heavy atom. The summed E-state index contributed by atoms with van der Waals surface area (Å²) in [5.41, 5.74) is 7.06. The second kappa shape index (κ2) is 7.85. The van der Waals surface area contributed by atoms with Crippen LogP contribution in [-0.2, 0) is 16.0 Å². The molecule has 0 heterocycles. The van der Waals surface area contributed by atoms with Crippen molar-refractivity contribution in [3.63, 3.8) is 0 Å². The highest BCUT2D eigenvalue weighted by Gasteiger charge is 2.09. The Morgan fingerprint density at radius 2 is 2.06 bits per heavy atom. The quantitative estimate of drug-likeness (QED) is 0.737. The van der Waals surface area contributed by atoms with E-state index in [1.807, 2.05) is 18.2 Å². The van der Waals surface area contributed by atoms with Crippen LogP contribution in [0.5, 0.6) is 0 Å². The molecular formula is C14H21NO2. The van der Waals surface area contributed by atoms with Gasteiger partial charge in [0.25, 0.3) is 0 Å². The number of benzene rings is 1. The van der Waals surface area contributed by atoms with Crippen molar-refractivity contribution in [3.05, 3.63) is 35.9 Å². The Balaban J connectivity index is 2.31. The number of hydrogen-bond acceptors (Lipinski definition) is 3. The van der Waals surface area contributed by atoms with E-state index in [9.17, 15) is 4.79 Å². The first-order chi connectivity index (χ1) is 8.26. The molecule has 0 aliphatic rings. The van der Waals surface area contributed by atoms with Gasteiger partial charge in [0.05, 0.1) is 7.11 Å². The van der Waals surface area contributed by atoms with Gasteiger partial charge in [-0.2, -0.15) is 0 Å². The van der Waals surface area contributed by atoms with Gasteiger partial charge in [-0.3, -0.25) is 4.79 Å². The Bertz CT molecular complexity index is 324. The minimum absolute atomic E-state index is 0.138. The SMILES string of the molecule is COC(=O)CCC[C@@H](CN)Cc1ccccc1. The minimum atomic E-state index is -0.138. The van der Waals surface area contributed by atoms with Crippen molar-refractivity contribution in [1.29, 1.82) is 0 Å². The third-order valence-electron chi connectivity index (χ3n) is 2.92. The van der Waals surface area contributed by atoms with Crippen LogP contribution in [0.2, 0.25) is 0 Å². The number of ether oxygens (including phenoxy) is 1. The van der Waals surface area contributed by atoms with Crippen LogP contribution in [0.3, 0.4) is 0 Å². The lowest BCUT2D eigenvalue weighted by atomic mass is 9.94. The molecule has 3 nitrogen and oxygen atoms in total. The van der Waals surface area contributed by atoms with Gasteiger partial charge in [-0.15, -0.1) is 0 Å². The molecule has 2 N–H and O–H groups in total. The largest absolute Gasteiger partial charge is 0.469 e. The van der Waals surface area contributed by atoms with E-state index in [1.54, 1.807) is 0 Å². The highest BCUT2D eigenvalue weighted by Crippen LogP contribution is 2.14. The average molecular weight is 235 g/mol. The molecule has 0 fully saturated rings. The second-order valence-corrected chi connectivity index (χ2v) is 4.26. The molecule has 0 aliphatic carbocycles. The summed E-state index contributed by atoms with van der Waals surface area (Å²) in [6.07, 6.45) is 3.29. The van der Waals surface area contributed by atoms with Gasteiger partial charge in [-0.25, -0.2) is 0 Å². The Morgan fingerprint density at radius 3 is 2.65 bits per heavy atom. The number of carbonyl (C=O) groups excluding carboxylic acids is 1. The zero-order valence-corrected chi connectivity index (χ0v) is 10.4. The lowest BCUT2D eigenvalue weighted by Gasteiger charge is -2.14. The smallest absolute Gasteiger partial charge is 0.305 e. The molecule has 17 heavy (non-hydrogen) atoms. The van der Waals surface area contributed by atoms with Crippen LogP contribution in [0, 0.1) is 5.92 Å². The lowest BCUT2D eigenvalue weighted by molar-refractivity contribution is -0.140. The maximum atomic E-state index is 11.0. The van der Waals surface area contributed by atoms with Gasteiger partial charge >= 0.3 is 5.97 Å². The first kappa shape index (κ1) is 13.7. The number of methoxy groups -OCH3 is 1. The first-order valence-electron chi connectivity index (χ1n) is 6.07. The Hall–Kier alpha value is -1.35. The predicted octanol–water partition coefficient (Wildman–Crippen LogP) is 2.15. The number of carbonyl (C=O) groups is 1. The molecule has 0 saturated heterocycles. The summed E-state index contributed by atoms with van der Waals surface area (Å²) in [5.74, 6) is 0.308. The molecule has 0 aliphatic heterocycles. The highest BCUT2D eigenvalue weighted by atomic mass is 16.5. The molecular weight excluding hydrogens is 214 g/mol. The summed E-state index contributed by atoms with van der Waals surface area (Å²) >= 11 is 0. The summed E-state index contributed by atoms with van der Waals surface area (Å²) in [4.78, 5) is 11.0. The van der Waals surface area contributed by atoms with Crippen LogP contribution in [0.1, 0.15) is 24.8 Å². The van der Waals surface area contributed by atoms with Crippen LogP contribution in [0.15, 0.2) is 30.3 Å². The van der Waals surface area contributed by atoms with E-state index in [2.05, 4.69) is 16.9 Å². The van der Waals surface area contributed by atoms with E-state index in [0.29, 0.717) is 18.9 Å². The maximum absolute atomic E-state index is 11.0. The molecule has 94 valence electrons. The molecule has 0 spiro atoms. The molecule has 1 atom stereocenters. The fourth-order valence-corrected chi connectivity index (χ4v) is 1.89. The fourth-order valence-electron chi connectivity index (χ4n) is 1.89. The topological polar surface area (TPSA) is 52.3 Å². The standard InChI is InChI=1S/C14H21NO2/c1-17-14(16)9-5-8-13(11-15)10-12-6-3-2-4-7-12/h2-4,6-7,13H,5,8-11,15H2,1H3/t13-/m1/s1. The fraction of sp³-hybridized carbons (Fsp3) is 0.500. The molecule has 3 heteroatoms. The predicted molar refractivity (Wildman–Crippen MR) is 68.6 cm³/mol. The molecule has 0 saturated carbocycles. The van der Waals surface area contributed by atoms with E-state index in [4.69, 9.17) is 5.73 Å². The summed E-state index contributed by atoms with van der Waals surface area (Å²) in [7, 11) is 1.42. The van der Waals surface area contributed by atoms with E-state index in [-0.39, 0.29) is 5.97 Å². The summed E-state index contributed by atoms with van der Waals surface area (Å²) in [6.45, 7) is 0.663. The van der Waals surface area contributed by atoms with Crippen LogP contribution in [0.25, 0.3) is 0 Å². The van der Waals surface area contributed by atoms with Crippen molar-refractivity contribution < 1.29 is 9.53 Å². The molecule has 1 aromatic carbocycles. The number of nitrogens with two attached hydrogens (primary N) is 1. The van der Waals surface area contributed by atoms with Crippen molar-refractivity contribution in [1.82, 2.24) is 0 Å². The minimum Gasteiger partial charge on any atom is -0.469 e. The average Bonchev–Trinajstić information content (AvgIpc) is 2.38. The van der Waals surface area contributed by atoms with Gasteiger partial charge < -0.3 is 10.5 Å². The Kier molecular flexibility index (Phi) is 6.33. The second-order valence-electron chi connectivity index (χ2n) is 4.26. The third-order valence-corrected chi connectivity index (χ3v) is 2.92.